The number of phosphoric ester groups is 1. The third-order valence-corrected chi connectivity index (χ3v) is 2.82. The Labute approximate surface area is 86.8 Å². The molecular formula is C8H10NO5P. The van der Waals surface area contributed by atoms with Gasteiger partial charge in [-0.2, -0.15) is 0 Å². The molecule has 1 rings (SSSR count). The molecule has 1 aromatic rings. The van der Waals surface area contributed by atoms with Gasteiger partial charge >= 0.3 is 13.8 Å². The maximum absolute atomic E-state index is 11.4. The minimum absolute atomic E-state index is 0.173. The van der Waals surface area contributed by atoms with Crippen molar-refractivity contribution in [2.75, 3.05) is 14.2 Å². The van der Waals surface area contributed by atoms with Crippen molar-refractivity contribution >= 4 is 13.8 Å². The van der Waals surface area contributed by atoms with E-state index in [0.29, 0.717) is 0 Å². The molecule has 0 saturated carbocycles. The molecule has 1 aromatic heterocycles. The normalized spacial score (nSPS) is 11.1. The summed E-state index contributed by atoms with van der Waals surface area (Å²) < 4.78 is 24.9. The molecule has 0 radical (unpaired) electrons. The molecule has 7 heteroatoms. The van der Waals surface area contributed by atoms with Crippen LogP contribution >= 0.6 is 7.82 Å². The fraction of sp³-hybridized carbons (Fsp3) is 0.250. The minimum Gasteiger partial charge on any atom is -0.367 e. The van der Waals surface area contributed by atoms with Crippen LogP contribution in [0.25, 0.3) is 0 Å². The first-order valence-corrected chi connectivity index (χ1v) is 5.43. The van der Waals surface area contributed by atoms with E-state index in [9.17, 15) is 9.36 Å². The third-order valence-electron chi connectivity index (χ3n) is 1.54. The Bertz CT molecular complexity index is 372. The quantitative estimate of drug-likeness (QED) is 0.733. The standard InChI is InChI=1S/C8H10NO5P/c1-12-15(11,13-2)14-8(10)7-4-3-5-9-6-7/h3-6H,1-2H3. The molecule has 0 unspecified atom stereocenters. The molecule has 0 fully saturated rings. The average Bonchev–Trinajstić information content (AvgIpc) is 2.30. The van der Waals surface area contributed by atoms with Crippen molar-refractivity contribution in [2.45, 2.75) is 0 Å². The van der Waals surface area contributed by atoms with Crippen LogP contribution in [0.3, 0.4) is 0 Å². The van der Waals surface area contributed by atoms with E-state index in [1.165, 1.54) is 18.5 Å². The number of phosphoric acid groups is 1. The summed E-state index contributed by atoms with van der Waals surface area (Å²) in [6.07, 6.45) is 2.79. The number of aromatic nitrogens is 1. The molecule has 82 valence electrons. The molecule has 15 heavy (non-hydrogen) atoms. The molecule has 0 N–H and O–H groups in total. The molecule has 0 atom stereocenters. The van der Waals surface area contributed by atoms with Crippen LogP contribution in [0.1, 0.15) is 10.4 Å². The lowest BCUT2D eigenvalue weighted by Crippen LogP contribution is -2.05. The Morgan fingerprint density at radius 3 is 2.53 bits per heavy atom. The van der Waals surface area contributed by atoms with Gasteiger partial charge in [0, 0.05) is 26.6 Å². The first-order valence-electron chi connectivity index (χ1n) is 3.97. The van der Waals surface area contributed by atoms with Gasteiger partial charge < -0.3 is 4.52 Å². The molecule has 0 aliphatic carbocycles. The lowest BCUT2D eigenvalue weighted by Gasteiger charge is -2.12. The molecule has 0 aliphatic heterocycles. The maximum atomic E-state index is 11.4. The third kappa shape index (κ3) is 3.13. The Morgan fingerprint density at radius 1 is 1.40 bits per heavy atom. The van der Waals surface area contributed by atoms with E-state index in [2.05, 4.69) is 18.6 Å². The Balaban J connectivity index is 2.76. The topological polar surface area (TPSA) is 74.7 Å². The summed E-state index contributed by atoms with van der Waals surface area (Å²) in [5, 5.41) is 0. The van der Waals surface area contributed by atoms with Gasteiger partial charge in [-0.1, -0.05) is 0 Å². The number of carbonyl (C=O) groups is 1. The lowest BCUT2D eigenvalue weighted by molar-refractivity contribution is 0.0641. The predicted octanol–water partition coefficient (Wildman–Crippen LogP) is 1.64. The van der Waals surface area contributed by atoms with Gasteiger partial charge in [-0.3, -0.25) is 14.0 Å². The summed E-state index contributed by atoms with van der Waals surface area (Å²) >= 11 is 0. The second-order valence-corrected chi connectivity index (χ2v) is 4.24. The van der Waals surface area contributed by atoms with Crippen LogP contribution in [0.2, 0.25) is 0 Å². The summed E-state index contributed by atoms with van der Waals surface area (Å²) in [5.74, 6) is -0.810. The van der Waals surface area contributed by atoms with E-state index in [4.69, 9.17) is 0 Å². The van der Waals surface area contributed by atoms with E-state index >= 15 is 0 Å². The molecule has 6 nitrogen and oxygen atoms in total. The smallest absolute Gasteiger partial charge is 0.367 e. The van der Waals surface area contributed by atoms with Gasteiger partial charge in [0.05, 0.1) is 5.56 Å². The number of hydrogen-bond donors (Lipinski definition) is 0. The fourth-order valence-electron chi connectivity index (χ4n) is 0.787. The predicted molar refractivity (Wildman–Crippen MR) is 51.3 cm³/mol. The number of rotatable bonds is 4. The highest BCUT2D eigenvalue weighted by Crippen LogP contribution is 2.48. The number of nitrogens with zero attached hydrogens (tertiary/aromatic N) is 1. The molecule has 0 aliphatic rings. The summed E-state index contributed by atoms with van der Waals surface area (Å²) in [4.78, 5) is 15.1. The average molecular weight is 231 g/mol. The molecule has 0 amide bonds. The van der Waals surface area contributed by atoms with Gasteiger partial charge in [0.1, 0.15) is 0 Å². The summed E-state index contributed by atoms with van der Waals surface area (Å²) in [6, 6.07) is 3.03. The van der Waals surface area contributed by atoms with Crippen LogP contribution in [0.5, 0.6) is 0 Å². The van der Waals surface area contributed by atoms with Crippen LogP contribution < -0.4 is 0 Å². The summed E-state index contributed by atoms with van der Waals surface area (Å²) in [6.45, 7) is 0. The first kappa shape index (κ1) is 11.8. The van der Waals surface area contributed by atoms with Crippen molar-refractivity contribution in [3.63, 3.8) is 0 Å². The van der Waals surface area contributed by atoms with Gasteiger partial charge in [0.25, 0.3) is 0 Å². The van der Waals surface area contributed by atoms with Crippen molar-refractivity contribution in [1.82, 2.24) is 4.98 Å². The van der Waals surface area contributed by atoms with Crippen LogP contribution in [0.15, 0.2) is 24.5 Å². The van der Waals surface area contributed by atoms with Gasteiger partial charge in [-0.05, 0) is 12.1 Å². The fourth-order valence-corrected chi connectivity index (χ4v) is 1.39. The zero-order valence-electron chi connectivity index (χ0n) is 8.25. The van der Waals surface area contributed by atoms with Gasteiger partial charge in [0.2, 0.25) is 0 Å². The van der Waals surface area contributed by atoms with Crippen LogP contribution in [-0.2, 0) is 18.1 Å². The van der Waals surface area contributed by atoms with Crippen LogP contribution in [0, 0.1) is 0 Å². The Hall–Kier alpha value is -1.23. The SMILES string of the molecule is COP(=O)(OC)OC(=O)c1cccnc1. The lowest BCUT2D eigenvalue weighted by atomic mass is 10.3. The molecular weight excluding hydrogens is 221 g/mol. The molecule has 0 aromatic carbocycles. The number of pyridine rings is 1. The van der Waals surface area contributed by atoms with Crippen molar-refractivity contribution < 1.29 is 22.9 Å². The van der Waals surface area contributed by atoms with E-state index in [-0.39, 0.29) is 5.56 Å². The second kappa shape index (κ2) is 5.02. The van der Waals surface area contributed by atoms with E-state index in [0.717, 1.165) is 14.2 Å². The summed E-state index contributed by atoms with van der Waals surface area (Å²) in [7, 11) is -1.53. The Morgan fingerprint density at radius 2 is 2.07 bits per heavy atom. The maximum Gasteiger partial charge on any atom is 0.531 e. The highest BCUT2D eigenvalue weighted by atomic mass is 31.2. The van der Waals surface area contributed by atoms with Crippen LogP contribution in [-0.4, -0.2) is 25.2 Å². The molecule has 0 bridgehead atoms. The van der Waals surface area contributed by atoms with E-state index in [1.807, 2.05) is 0 Å². The first-order chi connectivity index (χ1) is 7.11. The number of hydrogen-bond acceptors (Lipinski definition) is 6. The zero-order chi connectivity index (χ0) is 11.3. The molecule has 0 saturated heterocycles. The second-order valence-electron chi connectivity index (χ2n) is 2.43. The van der Waals surface area contributed by atoms with Crippen molar-refractivity contribution in [3.05, 3.63) is 30.1 Å². The zero-order valence-corrected chi connectivity index (χ0v) is 9.14. The van der Waals surface area contributed by atoms with E-state index < -0.39 is 13.8 Å². The minimum atomic E-state index is -3.78. The van der Waals surface area contributed by atoms with Gasteiger partial charge in [-0.15, -0.1) is 0 Å². The van der Waals surface area contributed by atoms with Gasteiger partial charge in [-0.25, -0.2) is 9.36 Å². The molecule has 0 spiro atoms. The highest BCUT2D eigenvalue weighted by molar-refractivity contribution is 7.49. The van der Waals surface area contributed by atoms with Crippen molar-refractivity contribution in [3.8, 4) is 0 Å². The Kier molecular flexibility index (Phi) is 3.96. The van der Waals surface area contributed by atoms with Gasteiger partial charge in [0.15, 0.2) is 0 Å². The van der Waals surface area contributed by atoms with E-state index in [1.54, 1.807) is 6.07 Å². The number of carbonyl (C=O) groups excluding carboxylic acids is 1. The molecule has 1 heterocycles. The van der Waals surface area contributed by atoms with Crippen molar-refractivity contribution in [1.29, 1.82) is 0 Å². The van der Waals surface area contributed by atoms with Crippen molar-refractivity contribution in [2.24, 2.45) is 0 Å². The largest absolute Gasteiger partial charge is 0.531 e. The highest BCUT2D eigenvalue weighted by Gasteiger charge is 2.28. The monoisotopic (exact) mass is 231 g/mol. The summed E-state index contributed by atoms with van der Waals surface area (Å²) in [5.41, 5.74) is 0.173. The van der Waals surface area contributed by atoms with Crippen LogP contribution in [0.4, 0.5) is 0 Å².